The van der Waals surface area contributed by atoms with Crippen LogP contribution in [0.5, 0.6) is 0 Å². The molecular weight excluding hydrogens is 180 g/mol. The molecule has 0 atom stereocenters. The van der Waals surface area contributed by atoms with Crippen molar-refractivity contribution in [2.75, 3.05) is 11.5 Å². The highest BCUT2D eigenvalue weighted by molar-refractivity contribution is 8.13. The molecule has 0 rings (SSSR count). The van der Waals surface area contributed by atoms with Gasteiger partial charge in [0.2, 0.25) is 0 Å². The summed E-state index contributed by atoms with van der Waals surface area (Å²) in [6, 6.07) is 0. The molecule has 64 valence electrons. The minimum absolute atomic E-state index is 0.0284. The number of thioether (sulfide) groups is 1. The lowest BCUT2D eigenvalue weighted by Crippen LogP contribution is -2.00. The summed E-state index contributed by atoms with van der Waals surface area (Å²) < 4.78 is 0. The van der Waals surface area contributed by atoms with Gasteiger partial charge in [-0.2, -0.15) is 12.6 Å². The molecule has 0 saturated heterocycles. The van der Waals surface area contributed by atoms with Gasteiger partial charge in [0.05, 0.1) is 6.42 Å². The van der Waals surface area contributed by atoms with E-state index in [2.05, 4.69) is 12.6 Å². The summed E-state index contributed by atoms with van der Waals surface area (Å²) in [4.78, 5) is 21.3. The van der Waals surface area contributed by atoms with Crippen LogP contribution in [0, 0.1) is 0 Å². The van der Waals surface area contributed by atoms with Crippen molar-refractivity contribution in [3.05, 3.63) is 0 Å². The number of hydrogen-bond donors (Lipinski definition) is 1. The molecule has 0 saturated carbocycles. The zero-order valence-corrected chi connectivity index (χ0v) is 8.21. The highest BCUT2D eigenvalue weighted by Gasteiger charge is 2.04. The zero-order chi connectivity index (χ0) is 8.69. The Kier molecular flexibility index (Phi) is 6.76. The van der Waals surface area contributed by atoms with Crippen molar-refractivity contribution in [1.82, 2.24) is 0 Å². The lowest BCUT2D eigenvalue weighted by Gasteiger charge is -1.95. The summed E-state index contributed by atoms with van der Waals surface area (Å²) in [5.74, 6) is 1.50. The van der Waals surface area contributed by atoms with Gasteiger partial charge >= 0.3 is 0 Å². The van der Waals surface area contributed by atoms with E-state index in [1.165, 1.54) is 18.7 Å². The number of carbonyl (C=O) groups excluding carboxylic acids is 2. The first-order valence-electron chi connectivity index (χ1n) is 3.42. The maximum atomic E-state index is 10.8. The van der Waals surface area contributed by atoms with E-state index >= 15 is 0 Å². The van der Waals surface area contributed by atoms with Crippen molar-refractivity contribution < 1.29 is 9.59 Å². The first-order valence-corrected chi connectivity index (χ1v) is 5.04. The van der Waals surface area contributed by atoms with Gasteiger partial charge in [0, 0.05) is 5.75 Å². The lowest BCUT2D eigenvalue weighted by molar-refractivity contribution is -0.121. The van der Waals surface area contributed by atoms with Crippen LogP contribution in [-0.4, -0.2) is 22.4 Å². The molecule has 0 aromatic carbocycles. The monoisotopic (exact) mass is 192 g/mol. The Morgan fingerprint density at radius 3 is 2.55 bits per heavy atom. The van der Waals surface area contributed by atoms with Gasteiger partial charge in [-0.3, -0.25) is 9.59 Å². The van der Waals surface area contributed by atoms with E-state index in [0.717, 1.165) is 17.9 Å². The standard InChI is InChI=1S/C7H12O2S2/c1-6(8)5-7(9)11-4-2-3-10/h10H,2-5H2,1H3. The Labute approximate surface area is 76.5 Å². The van der Waals surface area contributed by atoms with Crippen molar-refractivity contribution in [3.63, 3.8) is 0 Å². The normalized spacial score (nSPS) is 9.64. The van der Waals surface area contributed by atoms with E-state index in [0.29, 0.717) is 0 Å². The highest BCUT2D eigenvalue weighted by atomic mass is 32.2. The predicted octanol–water partition coefficient (Wildman–Crippen LogP) is 1.55. The quantitative estimate of drug-likeness (QED) is 0.407. The van der Waals surface area contributed by atoms with Crippen LogP contribution in [0.3, 0.4) is 0 Å². The Balaban J connectivity index is 3.30. The topological polar surface area (TPSA) is 34.1 Å². The number of carbonyl (C=O) groups is 2. The molecule has 4 heteroatoms. The van der Waals surface area contributed by atoms with E-state index in [1.807, 2.05) is 0 Å². The number of thiol groups is 1. The van der Waals surface area contributed by atoms with Gasteiger partial charge in [-0.1, -0.05) is 11.8 Å². The van der Waals surface area contributed by atoms with Crippen LogP contribution in [0.2, 0.25) is 0 Å². The van der Waals surface area contributed by atoms with Crippen LogP contribution in [0.25, 0.3) is 0 Å². The molecule has 0 spiro atoms. The van der Waals surface area contributed by atoms with Crippen molar-refractivity contribution >= 4 is 35.3 Å². The van der Waals surface area contributed by atoms with Gasteiger partial charge in [-0.05, 0) is 19.1 Å². The van der Waals surface area contributed by atoms with Crippen LogP contribution in [0.4, 0.5) is 0 Å². The number of hydrogen-bond acceptors (Lipinski definition) is 4. The summed E-state index contributed by atoms with van der Waals surface area (Å²) in [7, 11) is 0. The SMILES string of the molecule is CC(=O)CC(=O)SCCCS. The first-order chi connectivity index (χ1) is 5.16. The largest absolute Gasteiger partial charge is 0.300 e. The van der Waals surface area contributed by atoms with Crippen LogP contribution in [0.15, 0.2) is 0 Å². The third kappa shape index (κ3) is 7.94. The second-order valence-corrected chi connectivity index (χ2v) is 3.78. The molecule has 0 aliphatic carbocycles. The molecule has 0 bridgehead atoms. The third-order valence-corrected chi connectivity index (χ3v) is 2.23. The third-order valence-electron chi connectivity index (χ3n) is 0.959. The van der Waals surface area contributed by atoms with Crippen molar-refractivity contribution in [2.45, 2.75) is 19.8 Å². The summed E-state index contributed by atoms with van der Waals surface area (Å²) in [5.41, 5.74) is 0. The van der Waals surface area contributed by atoms with Gasteiger partial charge in [0.15, 0.2) is 5.12 Å². The minimum Gasteiger partial charge on any atom is -0.300 e. The van der Waals surface area contributed by atoms with E-state index < -0.39 is 0 Å². The fraction of sp³-hybridized carbons (Fsp3) is 0.714. The molecule has 0 aliphatic heterocycles. The molecule has 0 aromatic heterocycles. The van der Waals surface area contributed by atoms with E-state index in [-0.39, 0.29) is 17.3 Å². The fourth-order valence-corrected chi connectivity index (χ4v) is 1.70. The summed E-state index contributed by atoms with van der Waals surface area (Å²) in [6.07, 6.45) is 0.981. The molecule has 0 aromatic rings. The molecule has 11 heavy (non-hydrogen) atoms. The molecule has 0 fully saturated rings. The first kappa shape index (κ1) is 11.0. The molecule has 0 aliphatic rings. The summed E-state index contributed by atoms with van der Waals surface area (Å²) in [6.45, 7) is 1.43. The summed E-state index contributed by atoms with van der Waals surface area (Å²) >= 11 is 5.22. The molecule has 0 heterocycles. The average molecular weight is 192 g/mol. The van der Waals surface area contributed by atoms with Gasteiger partial charge in [-0.15, -0.1) is 0 Å². The number of ketones is 1. The molecule has 2 nitrogen and oxygen atoms in total. The molecule has 0 radical (unpaired) electrons. The van der Waals surface area contributed by atoms with E-state index in [1.54, 1.807) is 0 Å². The second-order valence-electron chi connectivity index (χ2n) is 2.18. The van der Waals surface area contributed by atoms with Crippen LogP contribution >= 0.6 is 24.4 Å². The van der Waals surface area contributed by atoms with Crippen LogP contribution in [-0.2, 0) is 9.59 Å². The maximum Gasteiger partial charge on any atom is 0.196 e. The minimum atomic E-state index is -0.0617. The number of rotatable bonds is 5. The second kappa shape index (κ2) is 6.73. The lowest BCUT2D eigenvalue weighted by atomic mass is 10.3. The van der Waals surface area contributed by atoms with Crippen LogP contribution in [0.1, 0.15) is 19.8 Å². The van der Waals surface area contributed by atoms with Gasteiger partial charge in [0.1, 0.15) is 5.78 Å². The van der Waals surface area contributed by atoms with Crippen molar-refractivity contribution in [3.8, 4) is 0 Å². The average Bonchev–Trinajstić information content (AvgIpc) is 1.86. The molecule has 0 N–H and O–H groups in total. The van der Waals surface area contributed by atoms with E-state index in [9.17, 15) is 9.59 Å². The zero-order valence-electron chi connectivity index (χ0n) is 6.50. The Bertz CT molecular complexity index is 145. The van der Waals surface area contributed by atoms with Gasteiger partial charge in [0.25, 0.3) is 0 Å². The van der Waals surface area contributed by atoms with Crippen LogP contribution < -0.4 is 0 Å². The van der Waals surface area contributed by atoms with E-state index in [4.69, 9.17) is 0 Å². The molecule has 0 amide bonds. The van der Waals surface area contributed by atoms with Crippen molar-refractivity contribution in [2.24, 2.45) is 0 Å². The van der Waals surface area contributed by atoms with Crippen molar-refractivity contribution in [1.29, 1.82) is 0 Å². The molecule has 0 unspecified atom stereocenters. The predicted molar refractivity (Wildman–Crippen MR) is 51.2 cm³/mol. The fourth-order valence-electron chi connectivity index (χ4n) is 0.505. The van der Waals surface area contributed by atoms with Gasteiger partial charge < -0.3 is 0 Å². The van der Waals surface area contributed by atoms with Gasteiger partial charge in [-0.25, -0.2) is 0 Å². The summed E-state index contributed by atoms with van der Waals surface area (Å²) in [5, 5.41) is -0.0284. The maximum absolute atomic E-state index is 10.8. The molecular formula is C7H12O2S2. The highest BCUT2D eigenvalue weighted by Crippen LogP contribution is 2.07. The number of Topliss-reactive ketones (excluding diaryl/α,β-unsaturated/α-hetero) is 1. The Morgan fingerprint density at radius 2 is 2.09 bits per heavy atom. The smallest absolute Gasteiger partial charge is 0.196 e. The Hall–Kier alpha value is 0.0400. The Morgan fingerprint density at radius 1 is 1.45 bits per heavy atom.